The fraction of sp³-hybridized carbons (Fsp3) is 0.429. The molecule has 0 saturated heterocycles. The Balaban J connectivity index is 1.90. The van der Waals surface area contributed by atoms with Gasteiger partial charge in [0.1, 0.15) is 6.04 Å². The van der Waals surface area contributed by atoms with Crippen LogP contribution in [0.1, 0.15) is 19.4 Å². The quantitative estimate of drug-likeness (QED) is 0.200. The largest absolute Gasteiger partial charge is 0.426 e. The second-order valence-electron chi connectivity index (χ2n) is 5.17. The van der Waals surface area contributed by atoms with Gasteiger partial charge in [0.25, 0.3) is 17.0 Å². The van der Waals surface area contributed by atoms with Gasteiger partial charge in [0, 0.05) is 12.3 Å². The zero-order chi connectivity index (χ0) is 16.8. The Morgan fingerprint density at radius 1 is 1.57 bits per heavy atom. The van der Waals surface area contributed by atoms with Crippen LogP contribution in [0, 0.1) is 6.92 Å². The first kappa shape index (κ1) is 16.5. The van der Waals surface area contributed by atoms with Crippen LogP contribution in [0.15, 0.2) is 29.7 Å². The number of rotatable bonds is 7. The molecule has 124 valence electrons. The second-order valence-corrected chi connectivity index (χ2v) is 5.17. The molecular formula is C14H20N5O4+. The molecule has 1 atom stereocenters. The summed E-state index contributed by atoms with van der Waals surface area (Å²) in [6.07, 6.45) is 1.80. The van der Waals surface area contributed by atoms with Gasteiger partial charge in [-0.3, -0.25) is 14.3 Å². The highest BCUT2D eigenvalue weighted by Crippen LogP contribution is 2.15. The number of carbonyl (C=O) groups excluding carboxylic acids is 1. The summed E-state index contributed by atoms with van der Waals surface area (Å²) >= 11 is 0. The van der Waals surface area contributed by atoms with E-state index in [4.69, 9.17) is 0 Å². The number of aromatic nitrogens is 2. The molecule has 0 fully saturated rings. The molecule has 9 nitrogen and oxygen atoms in total. The number of nitrogens with one attached hydrogen (secondary N) is 1. The van der Waals surface area contributed by atoms with Crippen molar-refractivity contribution in [3.05, 3.63) is 30.0 Å². The molecule has 0 spiro atoms. The topological polar surface area (TPSA) is 101 Å². The van der Waals surface area contributed by atoms with Gasteiger partial charge in [-0.25, -0.2) is 5.21 Å². The third kappa shape index (κ3) is 4.83. The van der Waals surface area contributed by atoms with Gasteiger partial charge >= 0.3 is 5.97 Å². The van der Waals surface area contributed by atoms with E-state index >= 15 is 0 Å². The minimum atomic E-state index is -0.494. The van der Waals surface area contributed by atoms with E-state index in [0.29, 0.717) is 11.5 Å². The van der Waals surface area contributed by atoms with Gasteiger partial charge in [-0.05, 0) is 25.5 Å². The maximum atomic E-state index is 10.5. The van der Waals surface area contributed by atoms with Crippen LogP contribution in [0.3, 0.4) is 0 Å². The van der Waals surface area contributed by atoms with Crippen molar-refractivity contribution in [3.8, 4) is 0 Å². The minimum Gasteiger partial charge on any atom is -0.426 e. The van der Waals surface area contributed by atoms with Crippen LogP contribution < -0.4 is 5.43 Å². The number of hydrogen-bond acceptors (Lipinski definition) is 5. The monoisotopic (exact) mass is 322 g/mol. The predicted octanol–water partition coefficient (Wildman–Crippen LogP) is 1.54. The molecule has 0 amide bonds. The average Bonchev–Trinajstić information content (AvgIpc) is 2.85. The average molecular weight is 322 g/mol. The van der Waals surface area contributed by atoms with Crippen molar-refractivity contribution in [2.45, 2.75) is 33.4 Å². The Hall–Kier alpha value is -2.84. The molecule has 1 aromatic heterocycles. The molecule has 9 heteroatoms. The van der Waals surface area contributed by atoms with E-state index in [1.807, 2.05) is 30.7 Å². The molecule has 1 aromatic carbocycles. The maximum Gasteiger partial charge on any atom is 0.305 e. The fourth-order valence-corrected chi connectivity index (χ4v) is 2.03. The fourth-order valence-electron chi connectivity index (χ4n) is 2.03. The van der Waals surface area contributed by atoms with Crippen molar-refractivity contribution in [2.24, 2.45) is 5.28 Å². The minimum absolute atomic E-state index is 0.176. The lowest BCUT2D eigenvalue weighted by atomic mass is 10.2. The molecule has 0 aliphatic heterocycles. The van der Waals surface area contributed by atoms with Gasteiger partial charge < -0.3 is 4.74 Å². The van der Waals surface area contributed by atoms with Gasteiger partial charge in [-0.1, -0.05) is 12.1 Å². The molecular weight excluding hydrogens is 302 g/mol. The van der Waals surface area contributed by atoms with Crippen LogP contribution in [0.4, 0.5) is 0 Å². The van der Waals surface area contributed by atoms with E-state index in [9.17, 15) is 10.0 Å². The van der Waals surface area contributed by atoms with E-state index in [0.717, 1.165) is 16.5 Å². The van der Waals surface area contributed by atoms with Crippen molar-refractivity contribution < 1.29 is 24.5 Å². The summed E-state index contributed by atoms with van der Waals surface area (Å²) in [4.78, 5) is 15.6. The summed E-state index contributed by atoms with van der Waals surface area (Å²) in [6.45, 7) is 5.27. The first-order valence-electron chi connectivity index (χ1n) is 7.09. The van der Waals surface area contributed by atoms with Gasteiger partial charge in [0.15, 0.2) is 0 Å². The highest BCUT2D eigenvalue weighted by molar-refractivity contribution is 5.79. The van der Waals surface area contributed by atoms with Crippen LogP contribution in [0.5, 0.6) is 0 Å². The number of hydrogen-bond donors (Lipinski definition) is 2. The number of esters is 1. The Labute approximate surface area is 133 Å². The molecule has 2 aromatic rings. The molecule has 1 heterocycles. The molecule has 2 N–H and O–H groups in total. The maximum absolute atomic E-state index is 10.5. The van der Waals surface area contributed by atoms with Gasteiger partial charge in [-0.15, -0.1) is 5.43 Å². The van der Waals surface area contributed by atoms with Crippen molar-refractivity contribution in [1.82, 2.24) is 15.2 Å². The predicted molar refractivity (Wildman–Crippen MR) is 79.3 cm³/mol. The molecule has 23 heavy (non-hydrogen) atoms. The second kappa shape index (κ2) is 7.43. The smallest absolute Gasteiger partial charge is 0.305 e. The lowest BCUT2D eigenvalue weighted by Crippen LogP contribution is -2.37. The van der Waals surface area contributed by atoms with Gasteiger partial charge in [-0.2, -0.15) is 5.10 Å². The van der Waals surface area contributed by atoms with E-state index in [1.165, 1.54) is 6.92 Å². The van der Waals surface area contributed by atoms with Crippen LogP contribution >= 0.6 is 0 Å². The highest BCUT2D eigenvalue weighted by Gasteiger charge is 2.14. The zero-order valence-electron chi connectivity index (χ0n) is 13.3. The molecule has 0 aliphatic carbocycles. The van der Waals surface area contributed by atoms with E-state index < -0.39 is 5.97 Å². The van der Waals surface area contributed by atoms with Gasteiger partial charge in [0.2, 0.25) is 0 Å². The number of ether oxygens (including phenoxy) is 1. The molecule has 0 saturated carbocycles. The Bertz CT molecular complexity index is 712. The normalized spacial score (nSPS) is 12.9. The molecule has 0 unspecified atom stereocenters. The van der Waals surface area contributed by atoms with Crippen LogP contribution in [-0.2, 0) is 20.9 Å². The number of nitrogens with zero attached hydrogens (tertiary/aromatic N) is 4. The van der Waals surface area contributed by atoms with Crippen LogP contribution in [-0.4, -0.2) is 38.8 Å². The van der Waals surface area contributed by atoms with E-state index in [-0.39, 0.29) is 12.8 Å². The van der Waals surface area contributed by atoms with Crippen LogP contribution in [0.25, 0.3) is 10.9 Å². The Morgan fingerprint density at radius 2 is 2.35 bits per heavy atom. The number of aryl methyl sites for hydroxylation is 1. The van der Waals surface area contributed by atoms with Gasteiger partial charge in [0.05, 0.1) is 18.3 Å². The summed E-state index contributed by atoms with van der Waals surface area (Å²) < 4.78 is 6.35. The van der Waals surface area contributed by atoms with E-state index in [2.05, 4.69) is 31.4 Å². The summed E-state index contributed by atoms with van der Waals surface area (Å²) in [6, 6.07) is 5.93. The standard InChI is InChI=1S/C14H20N5O4/c1-10-4-5-13-7-15-18(14(13)6-10)8-11(2)16-19(21)17-23-9-22-12(3)20/h4-7,11H,8-9H2,1-3H3,(H2,16,17,21)/q+1/t11-/m0/s1. The van der Waals surface area contributed by atoms with Crippen LogP contribution in [0.2, 0.25) is 0 Å². The first-order chi connectivity index (χ1) is 11.0. The summed E-state index contributed by atoms with van der Waals surface area (Å²) in [7, 11) is 0. The number of hydrazine groups is 1. The Kier molecular flexibility index (Phi) is 5.34. The Morgan fingerprint density at radius 3 is 3.09 bits per heavy atom. The number of benzene rings is 1. The lowest BCUT2D eigenvalue weighted by molar-refractivity contribution is -0.879. The summed E-state index contributed by atoms with van der Waals surface area (Å²) in [5.74, 6) is -0.494. The van der Waals surface area contributed by atoms with E-state index in [1.54, 1.807) is 6.20 Å². The SMILES string of the molecule is CC(=O)OCO/N=[N+](\O)N[C@@H](C)Cn1ncc2ccc(C)cc21. The third-order valence-electron chi connectivity index (χ3n) is 3.03. The number of fused-ring (bicyclic) bond motifs is 1. The third-order valence-corrected chi connectivity index (χ3v) is 3.03. The zero-order valence-corrected chi connectivity index (χ0v) is 13.3. The number of carbonyl (C=O) groups is 1. The molecule has 0 aliphatic rings. The molecule has 0 bridgehead atoms. The summed E-state index contributed by atoms with van der Waals surface area (Å²) in [5.41, 5.74) is 4.85. The van der Waals surface area contributed by atoms with Crippen molar-refractivity contribution in [3.63, 3.8) is 0 Å². The molecule has 2 rings (SSSR count). The van der Waals surface area contributed by atoms with Crippen molar-refractivity contribution in [1.29, 1.82) is 0 Å². The summed E-state index contributed by atoms with van der Waals surface area (Å²) in [5, 5.41) is 18.2. The lowest BCUT2D eigenvalue weighted by Gasteiger charge is -2.08. The highest BCUT2D eigenvalue weighted by atomic mass is 16.8. The molecule has 0 radical (unpaired) electrons. The first-order valence-corrected chi connectivity index (χ1v) is 7.09. The van der Waals surface area contributed by atoms with Crippen molar-refractivity contribution >= 4 is 16.9 Å². The van der Waals surface area contributed by atoms with Crippen molar-refractivity contribution in [2.75, 3.05) is 6.79 Å².